The molecule has 7 nitrogen and oxygen atoms in total. The van der Waals surface area contributed by atoms with Crippen LogP contribution in [0.15, 0.2) is 97.2 Å². The van der Waals surface area contributed by atoms with Crippen molar-refractivity contribution in [3.8, 4) is 5.82 Å². The Morgan fingerprint density at radius 1 is 0.786 bits per heavy atom. The lowest BCUT2D eigenvalue weighted by Crippen LogP contribution is -2.44. The number of fused-ring (bicyclic) bond motifs is 2. The van der Waals surface area contributed by atoms with Gasteiger partial charge < -0.3 is 10.2 Å². The summed E-state index contributed by atoms with van der Waals surface area (Å²) in [5.41, 5.74) is 6.15. The zero-order chi connectivity index (χ0) is 28.3. The van der Waals surface area contributed by atoms with Gasteiger partial charge >= 0.3 is 0 Å². The molecule has 212 valence electrons. The first-order valence-corrected chi connectivity index (χ1v) is 15.0. The van der Waals surface area contributed by atoms with Crippen molar-refractivity contribution in [1.82, 2.24) is 25.0 Å². The minimum Gasteiger partial charge on any atom is -0.353 e. The van der Waals surface area contributed by atoms with E-state index in [2.05, 4.69) is 103 Å². The molecule has 1 saturated heterocycles. The average molecular weight is 557 g/mol. The summed E-state index contributed by atoms with van der Waals surface area (Å²) in [5.74, 6) is 1.72. The van der Waals surface area contributed by atoms with Crippen molar-refractivity contribution in [2.24, 2.45) is 0 Å². The highest BCUT2D eigenvalue weighted by Crippen LogP contribution is 2.27. The highest BCUT2D eigenvalue weighted by atomic mass is 16.1. The van der Waals surface area contributed by atoms with E-state index in [0.717, 1.165) is 80.1 Å². The van der Waals surface area contributed by atoms with E-state index < -0.39 is 0 Å². The van der Waals surface area contributed by atoms with Crippen molar-refractivity contribution in [2.75, 3.05) is 24.5 Å². The van der Waals surface area contributed by atoms with E-state index in [1.165, 1.54) is 16.7 Å². The molecule has 3 aromatic carbocycles. The van der Waals surface area contributed by atoms with Gasteiger partial charge in [0.05, 0.1) is 11.9 Å². The molecule has 2 aliphatic rings. The van der Waals surface area contributed by atoms with Crippen LogP contribution in [0.2, 0.25) is 0 Å². The van der Waals surface area contributed by atoms with E-state index in [0.29, 0.717) is 6.42 Å². The van der Waals surface area contributed by atoms with Gasteiger partial charge in [-0.1, -0.05) is 72.8 Å². The number of carbonyl (C=O) groups excluding carboxylic acids is 1. The molecule has 42 heavy (non-hydrogen) atoms. The number of benzene rings is 3. The van der Waals surface area contributed by atoms with Crippen LogP contribution in [-0.2, 0) is 30.7 Å². The molecular formula is C35H36N6O. The summed E-state index contributed by atoms with van der Waals surface area (Å²) in [6.45, 7) is 4.75. The van der Waals surface area contributed by atoms with Crippen LogP contribution in [0.25, 0.3) is 16.7 Å². The summed E-state index contributed by atoms with van der Waals surface area (Å²) in [5, 5.41) is 13.6. The van der Waals surface area contributed by atoms with Gasteiger partial charge in [0.1, 0.15) is 0 Å². The number of likely N-dealkylation sites (tertiary alicyclic amines) is 1. The van der Waals surface area contributed by atoms with Crippen molar-refractivity contribution < 1.29 is 4.79 Å². The van der Waals surface area contributed by atoms with E-state index in [1.807, 2.05) is 24.4 Å². The summed E-state index contributed by atoms with van der Waals surface area (Å²) >= 11 is 0. The molecular weight excluding hydrogens is 520 g/mol. The molecule has 4 heterocycles. The van der Waals surface area contributed by atoms with Gasteiger partial charge in [0.2, 0.25) is 5.91 Å². The Bertz CT molecular complexity index is 1670. The molecule has 0 spiro atoms. The van der Waals surface area contributed by atoms with Crippen LogP contribution in [0.5, 0.6) is 0 Å². The first-order chi connectivity index (χ1) is 20.7. The Kier molecular flexibility index (Phi) is 7.41. The highest BCUT2D eigenvalue weighted by molar-refractivity contribution is 5.90. The quantitative estimate of drug-likeness (QED) is 0.295. The molecule has 1 N–H and O–H groups in total. The van der Waals surface area contributed by atoms with Crippen molar-refractivity contribution in [1.29, 1.82) is 0 Å². The molecule has 0 bridgehead atoms. The molecule has 2 aromatic heterocycles. The Balaban J connectivity index is 1.01. The molecule has 0 aliphatic carbocycles. The fourth-order valence-electron chi connectivity index (χ4n) is 6.42. The Morgan fingerprint density at radius 3 is 2.31 bits per heavy atom. The van der Waals surface area contributed by atoms with Crippen LogP contribution in [0.3, 0.4) is 0 Å². The molecule has 2 aliphatic heterocycles. The number of piperidine rings is 1. The number of aromatic nitrogens is 3. The van der Waals surface area contributed by atoms with Crippen molar-refractivity contribution in [2.45, 2.75) is 44.8 Å². The number of hydrogen-bond donors (Lipinski definition) is 1. The second-order valence-electron chi connectivity index (χ2n) is 11.5. The topological polar surface area (TPSA) is 66.3 Å². The smallest absolute Gasteiger partial charge is 0.224 e. The first-order valence-electron chi connectivity index (χ1n) is 15.0. The monoisotopic (exact) mass is 556 g/mol. The maximum atomic E-state index is 13.2. The summed E-state index contributed by atoms with van der Waals surface area (Å²) in [7, 11) is 0. The molecule has 1 amide bonds. The number of nitrogens with one attached hydrogen (secondary N) is 1. The number of amides is 1. The third-order valence-corrected chi connectivity index (χ3v) is 8.69. The van der Waals surface area contributed by atoms with Gasteiger partial charge in [-0.3, -0.25) is 14.3 Å². The lowest BCUT2D eigenvalue weighted by Gasteiger charge is -2.32. The zero-order valence-electron chi connectivity index (χ0n) is 23.8. The third-order valence-electron chi connectivity index (χ3n) is 8.69. The summed E-state index contributed by atoms with van der Waals surface area (Å²) in [6, 6.07) is 31.7. The molecule has 0 unspecified atom stereocenters. The third kappa shape index (κ3) is 5.65. The summed E-state index contributed by atoms with van der Waals surface area (Å²) < 4.78 is 2.06. The first kappa shape index (κ1) is 26.4. The van der Waals surface area contributed by atoms with Gasteiger partial charge in [0.25, 0.3) is 0 Å². The minimum atomic E-state index is 0.0752. The maximum absolute atomic E-state index is 13.2. The molecule has 1 fully saturated rings. The molecule has 7 heteroatoms. The minimum absolute atomic E-state index is 0.0752. The summed E-state index contributed by atoms with van der Waals surface area (Å²) in [6.07, 6.45) is 5.36. The fraction of sp³-hybridized carbons (Fsp3) is 0.286. The van der Waals surface area contributed by atoms with E-state index in [1.54, 1.807) is 0 Å². The lowest BCUT2D eigenvalue weighted by molar-refractivity contribution is -0.121. The van der Waals surface area contributed by atoms with Crippen LogP contribution in [0, 0.1) is 0 Å². The fourth-order valence-corrected chi connectivity index (χ4v) is 6.42. The summed E-state index contributed by atoms with van der Waals surface area (Å²) in [4.78, 5) is 17.9. The van der Waals surface area contributed by atoms with E-state index in [-0.39, 0.29) is 11.9 Å². The molecule has 0 atom stereocenters. The maximum Gasteiger partial charge on any atom is 0.224 e. The molecule has 5 aromatic rings. The number of rotatable bonds is 7. The van der Waals surface area contributed by atoms with Gasteiger partial charge in [-0.25, -0.2) is 0 Å². The SMILES string of the molecule is O=C(Cc1cn(-c2ccc(N3CCc4ccccc4C3)nn2)c2ccccc12)NC1CCN(Cc2ccccc2)CC1. The van der Waals surface area contributed by atoms with Crippen LogP contribution in [0.4, 0.5) is 5.82 Å². The van der Waals surface area contributed by atoms with Crippen molar-refractivity contribution in [3.05, 3.63) is 119 Å². The van der Waals surface area contributed by atoms with Gasteiger partial charge in [0.15, 0.2) is 11.6 Å². The Morgan fingerprint density at radius 2 is 1.50 bits per heavy atom. The van der Waals surface area contributed by atoms with E-state index >= 15 is 0 Å². The second kappa shape index (κ2) is 11.8. The van der Waals surface area contributed by atoms with Crippen molar-refractivity contribution in [3.63, 3.8) is 0 Å². The lowest BCUT2D eigenvalue weighted by atomic mass is 10.00. The molecule has 7 rings (SSSR count). The zero-order valence-corrected chi connectivity index (χ0v) is 23.8. The van der Waals surface area contributed by atoms with Gasteiger partial charge in [-0.15, -0.1) is 10.2 Å². The second-order valence-corrected chi connectivity index (χ2v) is 11.5. The van der Waals surface area contributed by atoms with E-state index in [9.17, 15) is 4.79 Å². The predicted molar refractivity (Wildman–Crippen MR) is 167 cm³/mol. The van der Waals surface area contributed by atoms with Crippen LogP contribution < -0.4 is 10.2 Å². The number of carbonyl (C=O) groups is 1. The Hall–Kier alpha value is -4.49. The van der Waals surface area contributed by atoms with Crippen LogP contribution >= 0.6 is 0 Å². The molecule has 0 saturated carbocycles. The Labute approximate surface area is 246 Å². The van der Waals surface area contributed by atoms with Gasteiger partial charge in [-0.2, -0.15) is 0 Å². The standard InChI is InChI=1S/C35H36N6O/c42-35(36-30-17-19-39(20-18-30)23-26-8-2-1-3-9-26)22-29-25-41(32-13-7-6-12-31(29)32)34-15-14-33(37-38-34)40-21-16-27-10-4-5-11-28(27)24-40/h1-15,25,30H,16-24H2,(H,36,42). The van der Waals surface area contributed by atoms with Gasteiger partial charge in [-0.05, 0) is 59.7 Å². The number of nitrogens with zero attached hydrogens (tertiary/aromatic N) is 5. The number of para-hydroxylation sites is 1. The number of hydrogen-bond acceptors (Lipinski definition) is 5. The highest BCUT2D eigenvalue weighted by Gasteiger charge is 2.22. The normalized spacial score (nSPS) is 16.0. The van der Waals surface area contributed by atoms with Gasteiger partial charge in [0, 0.05) is 50.3 Å². The predicted octanol–water partition coefficient (Wildman–Crippen LogP) is 5.31. The van der Waals surface area contributed by atoms with Crippen LogP contribution in [-0.4, -0.2) is 51.2 Å². The van der Waals surface area contributed by atoms with Crippen LogP contribution in [0.1, 0.15) is 35.1 Å². The average Bonchev–Trinajstić information content (AvgIpc) is 3.40. The van der Waals surface area contributed by atoms with Crippen molar-refractivity contribution >= 4 is 22.6 Å². The largest absolute Gasteiger partial charge is 0.353 e. The number of anilines is 1. The van der Waals surface area contributed by atoms with E-state index in [4.69, 9.17) is 0 Å². The molecule has 0 radical (unpaired) electrons.